The molecule has 4 rings (SSSR count). The van der Waals surface area contributed by atoms with Gasteiger partial charge in [-0.05, 0) is 34.7 Å². The van der Waals surface area contributed by atoms with E-state index in [1.54, 1.807) is 23.7 Å². The fourth-order valence-electron chi connectivity index (χ4n) is 3.09. The molecule has 4 nitrogen and oxygen atoms in total. The lowest BCUT2D eigenvalue weighted by Crippen LogP contribution is -2.29. The molecule has 0 saturated carbocycles. The molecule has 1 atom stereocenters. The van der Waals surface area contributed by atoms with Crippen molar-refractivity contribution >= 4 is 21.4 Å². The van der Waals surface area contributed by atoms with Gasteiger partial charge in [0.25, 0.3) is 10.0 Å². The Morgan fingerprint density at radius 1 is 0.821 bits per heavy atom. The lowest BCUT2D eigenvalue weighted by atomic mass is 9.93. The first-order chi connectivity index (χ1) is 13.6. The molecule has 28 heavy (non-hydrogen) atoms. The maximum absolute atomic E-state index is 13.0. The lowest BCUT2D eigenvalue weighted by Gasteiger charge is -2.22. The van der Waals surface area contributed by atoms with Gasteiger partial charge in [-0.25, -0.2) is 8.42 Å². The van der Waals surface area contributed by atoms with Crippen molar-refractivity contribution in [3.05, 3.63) is 108 Å². The number of sulfonamides is 1. The molecule has 0 aliphatic carbocycles. The number of benzene rings is 2. The van der Waals surface area contributed by atoms with E-state index in [0.717, 1.165) is 22.4 Å². The van der Waals surface area contributed by atoms with E-state index in [9.17, 15) is 8.42 Å². The molecule has 1 unspecified atom stereocenters. The largest absolute Gasteiger partial charge is 0.256 e. The number of rotatable bonds is 6. The Hall–Kier alpha value is -2.80. The third kappa shape index (κ3) is 3.89. The molecule has 2 aromatic heterocycles. The first-order valence-electron chi connectivity index (χ1n) is 8.76. The standard InChI is InChI=1S/C22H18N2O2S2/c25-28(26,21-14-8-16-27-21)24-22(17-9-2-1-3-10-17)19-12-5-4-11-18(19)20-13-6-7-15-23-20/h1-16,22,24H. The molecule has 0 saturated heterocycles. The molecule has 0 fully saturated rings. The zero-order valence-electron chi connectivity index (χ0n) is 14.9. The maximum atomic E-state index is 13.0. The molecule has 2 heterocycles. The maximum Gasteiger partial charge on any atom is 0.250 e. The minimum atomic E-state index is -3.66. The predicted molar refractivity (Wildman–Crippen MR) is 113 cm³/mol. The molecule has 0 radical (unpaired) electrons. The van der Waals surface area contributed by atoms with E-state index in [1.165, 1.54) is 11.3 Å². The first kappa shape index (κ1) is 18.6. The van der Waals surface area contributed by atoms with Gasteiger partial charge in [-0.15, -0.1) is 11.3 Å². The van der Waals surface area contributed by atoms with Crippen LogP contribution in [0.3, 0.4) is 0 Å². The molecular formula is C22H18N2O2S2. The number of hydrogen-bond donors (Lipinski definition) is 1. The number of aromatic nitrogens is 1. The monoisotopic (exact) mass is 406 g/mol. The molecular weight excluding hydrogens is 388 g/mol. The summed E-state index contributed by atoms with van der Waals surface area (Å²) in [6.07, 6.45) is 1.74. The van der Waals surface area contributed by atoms with E-state index in [1.807, 2.05) is 72.8 Å². The average Bonchev–Trinajstić information content (AvgIpc) is 3.30. The van der Waals surface area contributed by atoms with Gasteiger partial charge in [0.05, 0.1) is 11.7 Å². The topological polar surface area (TPSA) is 59.1 Å². The van der Waals surface area contributed by atoms with Crippen LogP contribution in [-0.2, 0) is 10.0 Å². The fourth-order valence-corrected chi connectivity index (χ4v) is 5.30. The zero-order valence-corrected chi connectivity index (χ0v) is 16.5. The van der Waals surface area contributed by atoms with Crippen LogP contribution in [0.4, 0.5) is 0 Å². The van der Waals surface area contributed by atoms with Crippen LogP contribution in [0.5, 0.6) is 0 Å². The first-order valence-corrected chi connectivity index (χ1v) is 11.1. The van der Waals surface area contributed by atoms with Crippen molar-refractivity contribution in [2.45, 2.75) is 10.3 Å². The molecule has 2 aromatic carbocycles. The summed E-state index contributed by atoms with van der Waals surface area (Å²) in [6, 6.07) is 25.9. The third-order valence-electron chi connectivity index (χ3n) is 4.38. The van der Waals surface area contributed by atoms with Gasteiger partial charge in [0, 0.05) is 11.8 Å². The van der Waals surface area contributed by atoms with Crippen LogP contribution >= 0.6 is 11.3 Å². The van der Waals surface area contributed by atoms with Crippen molar-refractivity contribution in [1.82, 2.24) is 9.71 Å². The second-order valence-corrected chi connectivity index (χ2v) is 9.09. The van der Waals surface area contributed by atoms with Gasteiger partial charge in [0.15, 0.2) is 0 Å². The number of pyridine rings is 1. The molecule has 1 N–H and O–H groups in total. The van der Waals surface area contributed by atoms with Gasteiger partial charge >= 0.3 is 0 Å². The average molecular weight is 407 g/mol. The van der Waals surface area contributed by atoms with Gasteiger partial charge in [0.1, 0.15) is 4.21 Å². The molecule has 140 valence electrons. The number of nitrogens with one attached hydrogen (secondary N) is 1. The van der Waals surface area contributed by atoms with Crippen molar-refractivity contribution in [2.75, 3.05) is 0 Å². The summed E-state index contributed by atoms with van der Waals surface area (Å²) in [5.74, 6) is 0. The fraction of sp³-hybridized carbons (Fsp3) is 0.0455. The Morgan fingerprint density at radius 2 is 1.57 bits per heavy atom. The van der Waals surface area contributed by atoms with E-state index >= 15 is 0 Å². The normalized spacial score (nSPS) is 12.6. The molecule has 6 heteroatoms. The molecule has 0 aliphatic rings. The summed E-state index contributed by atoms with van der Waals surface area (Å²) in [5.41, 5.74) is 3.42. The predicted octanol–water partition coefficient (Wildman–Crippen LogP) is 4.88. The minimum Gasteiger partial charge on any atom is -0.256 e. The molecule has 4 aromatic rings. The quantitative estimate of drug-likeness (QED) is 0.497. The van der Waals surface area contributed by atoms with Crippen molar-refractivity contribution < 1.29 is 8.42 Å². The van der Waals surface area contributed by atoms with Crippen LogP contribution in [0.1, 0.15) is 17.2 Å². The summed E-state index contributed by atoms with van der Waals surface area (Å²) in [7, 11) is -3.66. The Kier molecular flexibility index (Phi) is 5.34. The van der Waals surface area contributed by atoms with Crippen molar-refractivity contribution in [3.63, 3.8) is 0 Å². The highest BCUT2D eigenvalue weighted by Gasteiger charge is 2.25. The number of thiophene rings is 1. The van der Waals surface area contributed by atoms with Gasteiger partial charge in [-0.3, -0.25) is 4.98 Å². The van der Waals surface area contributed by atoms with Crippen LogP contribution < -0.4 is 4.72 Å². The van der Waals surface area contributed by atoms with Gasteiger partial charge in [-0.2, -0.15) is 4.72 Å². The highest BCUT2D eigenvalue weighted by atomic mass is 32.2. The number of nitrogens with zero attached hydrogens (tertiary/aromatic N) is 1. The smallest absolute Gasteiger partial charge is 0.250 e. The minimum absolute atomic E-state index is 0.295. The van der Waals surface area contributed by atoms with Gasteiger partial charge in [0.2, 0.25) is 0 Å². The summed E-state index contributed by atoms with van der Waals surface area (Å²) < 4.78 is 29.2. The second kappa shape index (κ2) is 8.06. The summed E-state index contributed by atoms with van der Waals surface area (Å²) >= 11 is 1.20. The van der Waals surface area contributed by atoms with Crippen molar-refractivity contribution in [3.8, 4) is 11.3 Å². The highest BCUT2D eigenvalue weighted by Crippen LogP contribution is 2.32. The van der Waals surface area contributed by atoms with Crippen molar-refractivity contribution in [2.24, 2.45) is 0 Å². The lowest BCUT2D eigenvalue weighted by molar-refractivity contribution is 0.574. The van der Waals surface area contributed by atoms with Crippen molar-refractivity contribution in [1.29, 1.82) is 0 Å². The Bertz CT molecular complexity index is 1140. The van der Waals surface area contributed by atoms with Crippen LogP contribution in [0.15, 0.2) is 101 Å². The third-order valence-corrected chi connectivity index (χ3v) is 7.20. The summed E-state index contributed by atoms with van der Waals surface area (Å²) in [4.78, 5) is 4.46. The Labute approximate surface area is 168 Å². The van der Waals surface area contributed by atoms with E-state index in [0.29, 0.717) is 4.21 Å². The molecule has 0 bridgehead atoms. The van der Waals surface area contributed by atoms with Crippen LogP contribution in [0.2, 0.25) is 0 Å². The summed E-state index contributed by atoms with van der Waals surface area (Å²) in [6.45, 7) is 0. The SMILES string of the molecule is O=S(=O)(NC(c1ccccc1)c1ccccc1-c1ccccn1)c1cccs1. The van der Waals surface area contributed by atoms with Gasteiger partial charge < -0.3 is 0 Å². The van der Waals surface area contributed by atoms with Crippen LogP contribution in [-0.4, -0.2) is 13.4 Å². The van der Waals surface area contributed by atoms with Crippen LogP contribution in [0.25, 0.3) is 11.3 Å². The molecule has 0 amide bonds. The summed E-state index contributed by atoms with van der Waals surface area (Å²) in [5, 5.41) is 1.76. The van der Waals surface area contributed by atoms with Gasteiger partial charge in [-0.1, -0.05) is 66.7 Å². The van der Waals surface area contributed by atoms with E-state index in [4.69, 9.17) is 0 Å². The Morgan fingerprint density at radius 3 is 2.29 bits per heavy atom. The molecule has 0 spiro atoms. The second-order valence-electron chi connectivity index (χ2n) is 6.20. The van der Waals surface area contributed by atoms with Crippen LogP contribution in [0, 0.1) is 0 Å². The van der Waals surface area contributed by atoms with E-state index in [-0.39, 0.29) is 0 Å². The molecule has 0 aliphatic heterocycles. The zero-order chi connectivity index (χ0) is 19.4. The number of hydrogen-bond acceptors (Lipinski definition) is 4. The van der Waals surface area contributed by atoms with E-state index < -0.39 is 16.1 Å². The van der Waals surface area contributed by atoms with E-state index in [2.05, 4.69) is 9.71 Å². The Balaban J connectivity index is 1.84. The highest BCUT2D eigenvalue weighted by molar-refractivity contribution is 7.91.